The maximum absolute atomic E-state index is 12.8. The van der Waals surface area contributed by atoms with Crippen LogP contribution in [0.5, 0.6) is 11.5 Å². The van der Waals surface area contributed by atoms with E-state index in [-0.39, 0.29) is 24.2 Å². The normalized spacial score (nSPS) is 15.9. The number of nitrogens with zero attached hydrogens (tertiary/aromatic N) is 2. The lowest BCUT2D eigenvalue weighted by Crippen LogP contribution is -2.34. The first kappa shape index (κ1) is 22.0. The minimum atomic E-state index is -0.313. The summed E-state index contributed by atoms with van der Waals surface area (Å²) in [4.78, 5) is 28.7. The Labute approximate surface area is 182 Å². The van der Waals surface area contributed by atoms with Crippen molar-refractivity contribution in [3.05, 3.63) is 58.6 Å². The molecule has 1 heterocycles. The summed E-state index contributed by atoms with van der Waals surface area (Å²) < 4.78 is 10.6. The predicted molar refractivity (Wildman–Crippen MR) is 116 cm³/mol. The van der Waals surface area contributed by atoms with Crippen LogP contribution in [-0.4, -0.2) is 56.0 Å². The molecule has 160 valence electrons. The Kier molecular flexibility index (Phi) is 7.21. The molecule has 2 aromatic rings. The summed E-state index contributed by atoms with van der Waals surface area (Å²) in [5.74, 6) is 1.03. The van der Waals surface area contributed by atoms with E-state index in [9.17, 15) is 9.59 Å². The molecule has 0 aromatic heterocycles. The van der Waals surface area contributed by atoms with Crippen LogP contribution in [0.1, 0.15) is 17.5 Å². The first-order chi connectivity index (χ1) is 14.4. The first-order valence-corrected chi connectivity index (χ1v) is 10.3. The molecule has 0 N–H and O–H groups in total. The van der Waals surface area contributed by atoms with Gasteiger partial charge >= 0.3 is 0 Å². The van der Waals surface area contributed by atoms with Gasteiger partial charge in [0.15, 0.2) is 11.5 Å². The highest BCUT2D eigenvalue weighted by atomic mass is 35.5. The summed E-state index contributed by atoms with van der Waals surface area (Å²) >= 11 is 6.02. The molecule has 7 heteroatoms. The van der Waals surface area contributed by atoms with Crippen LogP contribution < -0.4 is 9.47 Å². The lowest BCUT2D eigenvalue weighted by atomic mass is 10.1. The molecule has 0 aliphatic carbocycles. The smallest absolute Gasteiger partial charge is 0.228 e. The van der Waals surface area contributed by atoms with Gasteiger partial charge in [-0.3, -0.25) is 9.59 Å². The molecule has 1 aliphatic rings. The van der Waals surface area contributed by atoms with E-state index in [1.807, 2.05) is 36.4 Å². The van der Waals surface area contributed by atoms with Crippen molar-refractivity contribution in [1.82, 2.24) is 9.80 Å². The second kappa shape index (κ2) is 9.85. The van der Waals surface area contributed by atoms with Crippen LogP contribution in [0.2, 0.25) is 5.02 Å². The fraction of sp³-hybridized carbons (Fsp3) is 0.391. The lowest BCUT2D eigenvalue weighted by molar-refractivity contribution is -0.135. The summed E-state index contributed by atoms with van der Waals surface area (Å²) in [6.45, 7) is 1.48. The average Bonchev–Trinajstić information content (AvgIpc) is 3.11. The average molecular weight is 431 g/mol. The van der Waals surface area contributed by atoms with Gasteiger partial charge in [0.2, 0.25) is 11.8 Å². The zero-order chi connectivity index (χ0) is 21.7. The largest absolute Gasteiger partial charge is 0.493 e. The Hall–Kier alpha value is -2.73. The van der Waals surface area contributed by atoms with Crippen molar-refractivity contribution in [2.75, 3.05) is 34.4 Å². The number of hydrogen-bond acceptors (Lipinski definition) is 4. The molecule has 1 aliphatic heterocycles. The molecule has 1 atom stereocenters. The number of methoxy groups -OCH3 is 2. The number of rotatable bonds is 8. The van der Waals surface area contributed by atoms with Crippen LogP contribution >= 0.6 is 11.6 Å². The predicted octanol–water partition coefficient (Wildman–Crippen LogP) is 3.41. The van der Waals surface area contributed by atoms with Gasteiger partial charge in [0.05, 0.1) is 20.1 Å². The molecule has 0 saturated carbocycles. The standard InChI is InChI=1S/C23H27ClN2O4/c1-25(14-17-5-4-6-19(24)11-17)23(28)18-13-22(27)26(15-18)10-9-16-7-8-20(29-2)21(12-16)30-3/h4-8,11-12,18H,9-10,13-15H2,1-3H3. The molecule has 1 saturated heterocycles. The number of carbonyl (C=O) groups is 2. The van der Waals surface area contributed by atoms with Crippen LogP contribution in [0.4, 0.5) is 0 Å². The Morgan fingerprint density at radius 1 is 1.13 bits per heavy atom. The zero-order valence-corrected chi connectivity index (χ0v) is 18.3. The maximum atomic E-state index is 12.8. The zero-order valence-electron chi connectivity index (χ0n) is 17.6. The summed E-state index contributed by atoms with van der Waals surface area (Å²) in [5.41, 5.74) is 2.02. The van der Waals surface area contributed by atoms with Gasteiger partial charge in [0, 0.05) is 38.1 Å². The molecule has 2 amide bonds. The van der Waals surface area contributed by atoms with Gasteiger partial charge in [-0.15, -0.1) is 0 Å². The van der Waals surface area contributed by atoms with Crippen LogP contribution in [-0.2, 0) is 22.6 Å². The van der Waals surface area contributed by atoms with E-state index < -0.39 is 0 Å². The minimum absolute atomic E-state index is 0.0167. The van der Waals surface area contributed by atoms with Crippen LogP contribution in [0.3, 0.4) is 0 Å². The van der Waals surface area contributed by atoms with E-state index in [1.54, 1.807) is 37.1 Å². The molecule has 0 spiro atoms. The number of halogens is 1. The molecule has 0 radical (unpaired) electrons. The number of benzene rings is 2. The van der Waals surface area contributed by atoms with Crippen LogP contribution in [0.25, 0.3) is 0 Å². The van der Waals surface area contributed by atoms with Crippen molar-refractivity contribution < 1.29 is 19.1 Å². The van der Waals surface area contributed by atoms with E-state index in [2.05, 4.69) is 0 Å². The van der Waals surface area contributed by atoms with E-state index in [1.165, 1.54) is 0 Å². The monoisotopic (exact) mass is 430 g/mol. The fourth-order valence-electron chi connectivity index (χ4n) is 3.75. The topological polar surface area (TPSA) is 59.1 Å². The van der Waals surface area contributed by atoms with Gasteiger partial charge in [-0.25, -0.2) is 0 Å². The molecule has 3 rings (SSSR count). The summed E-state index contributed by atoms with van der Waals surface area (Å²) in [6, 6.07) is 13.2. The van der Waals surface area contributed by atoms with Gasteiger partial charge in [0.1, 0.15) is 0 Å². The Bertz CT molecular complexity index is 918. The number of amides is 2. The molecular weight excluding hydrogens is 404 g/mol. The van der Waals surface area contributed by atoms with Crippen molar-refractivity contribution in [2.45, 2.75) is 19.4 Å². The lowest BCUT2D eigenvalue weighted by Gasteiger charge is -2.22. The summed E-state index contributed by atoms with van der Waals surface area (Å²) in [5, 5.41) is 0.644. The molecule has 1 fully saturated rings. The quantitative estimate of drug-likeness (QED) is 0.644. The van der Waals surface area contributed by atoms with Gasteiger partial charge < -0.3 is 19.3 Å². The van der Waals surface area contributed by atoms with Crippen LogP contribution in [0.15, 0.2) is 42.5 Å². The third-order valence-electron chi connectivity index (χ3n) is 5.37. The summed E-state index contributed by atoms with van der Waals surface area (Å²) in [7, 11) is 4.96. The molecule has 30 heavy (non-hydrogen) atoms. The van der Waals surface area contributed by atoms with Crippen LogP contribution in [0, 0.1) is 5.92 Å². The maximum Gasteiger partial charge on any atom is 0.228 e. The van der Waals surface area contributed by atoms with Crippen molar-refractivity contribution in [2.24, 2.45) is 5.92 Å². The number of ether oxygens (including phenoxy) is 2. The highest BCUT2D eigenvalue weighted by Crippen LogP contribution is 2.28. The van der Waals surface area contributed by atoms with E-state index in [4.69, 9.17) is 21.1 Å². The third-order valence-corrected chi connectivity index (χ3v) is 5.60. The number of carbonyl (C=O) groups excluding carboxylic acids is 2. The van der Waals surface area contributed by atoms with E-state index in [0.29, 0.717) is 42.6 Å². The van der Waals surface area contributed by atoms with E-state index in [0.717, 1.165) is 11.1 Å². The van der Waals surface area contributed by atoms with Crippen molar-refractivity contribution in [3.63, 3.8) is 0 Å². The molecule has 1 unspecified atom stereocenters. The van der Waals surface area contributed by atoms with Gasteiger partial charge in [-0.1, -0.05) is 29.8 Å². The summed E-state index contributed by atoms with van der Waals surface area (Å²) in [6.07, 6.45) is 0.940. The second-order valence-corrected chi connectivity index (χ2v) is 7.94. The fourth-order valence-corrected chi connectivity index (χ4v) is 3.97. The highest BCUT2D eigenvalue weighted by Gasteiger charge is 2.35. The van der Waals surface area contributed by atoms with Gasteiger partial charge in [-0.2, -0.15) is 0 Å². The molecular formula is C23H27ClN2O4. The Balaban J connectivity index is 1.56. The molecule has 0 bridgehead atoms. The van der Waals surface area contributed by atoms with Crippen molar-refractivity contribution in [1.29, 1.82) is 0 Å². The Morgan fingerprint density at radius 3 is 2.60 bits per heavy atom. The van der Waals surface area contributed by atoms with Gasteiger partial charge in [-0.05, 0) is 41.8 Å². The molecule has 2 aromatic carbocycles. The van der Waals surface area contributed by atoms with E-state index >= 15 is 0 Å². The second-order valence-electron chi connectivity index (χ2n) is 7.50. The number of likely N-dealkylation sites (tertiary alicyclic amines) is 1. The van der Waals surface area contributed by atoms with Crippen molar-refractivity contribution in [3.8, 4) is 11.5 Å². The third kappa shape index (κ3) is 5.25. The first-order valence-electron chi connectivity index (χ1n) is 9.89. The SMILES string of the molecule is COc1ccc(CCN2CC(C(=O)N(C)Cc3cccc(Cl)c3)CC2=O)cc1OC. The highest BCUT2D eigenvalue weighted by molar-refractivity contribution is 6.30. The minimum Gasteiger partial charge on any atom is -0.493 e. The Morgan fingerprint density at radius 2 is 1.90 bits per heavy atom. The number of hydrogen-bond donors (Lipinski definition) is 0. The van der Waals surface area contributed by atoms with Gasteiger partial charge in [0.25, 0.3) is 0 Å². The molecule has 6 nitrogen and oxygen atoms in total. The van der Waals surface area contributed by atoms with Crippen molar-refractivity contribution >= 4 is 23.4 Å².